The molecule has 0 fully saturated rings. The standard InChI is InChI=1S/3C7H7.C5H4N.Ir/c3*1-7-5-3-2-4-6-7;1-2-4-6-5-3-1;/h3*2-5H,1H3;1-4H;. The van der Waals surface area contributed by atoms with E-state index in [1.165, 1.54) is 33.1 Å². The van der Waals surface area contributed by atoms with Gasteiger partial charge in [-0.2, -0.15) is 0 Å². The Morgan fingerprint density at radius 3 is 1.25 bits per heavy atom. The summed E-state index contributed by atoms with van der Waals surface area (Å²) in [4.78, 5) is 4.99. The molecule has 2 heteroatoms. The third-order valence-electron chi connectivity index (χ3n) is 4.83. The third kappa shape index (κ3) is 3.03. The van der Waals surface area contributed by atoms with Crippen LogP contribution in [0.15, 0.2) is 97.2 Å². The number of hydrogen-bond acceptors (Lipinski definition) is 1. The van der Waals surface area contributed by atoms with E-state index in [0.29, 0.717) is 0 Å². The van der Waals surface area contributed by atoms with Gasteiger partial charge in [0.2, 0.25) is 0 Å². The Morgan fingerprint density at radius 1 is 0.500 bits per heavy atom. The van der Waals surface area contributed by atoms with Gasteiger partial charge in [0.15, 0.2) is 0 Å². The number of pyridine rings is 1. The summed E-state index contributed by atoms with van der Waals surface area (Å²) >= 11 is -3.27. The summed E-state index contributed by atoms with van der Waals surface area (Å²) in [5.74, 6) is 0. The van der Waals surface area contributed by atoms with E-state index in [4.69, 9.17) is 4.98 Å². The van der Waals surface area contributed by atoms with E-state index in [1.807, 2.05) is 12.3 Å². The van der Waals surface area contributed by atoms with Gasteiger partial charge in [-0.1, -0.05) is 0 Å². The second-order valence-corrected chi connectivity index (χ2v) is 15.5. The van der Waals surface area contributed by atoms with Crippen LogP contribution in [-0.2, 0) is 15.3 Å². The van der Waals surface area contributed by atoms with Crippen LogP contribution in [0.3, 0.4) is 0 Å². The number of aryl methyl sites for hydroxylation is 3. The first-order valence-electron chi connectivity index (χ1n) is 9.42. The van der Waals surface area contributed by atoms with E-state index in [2.05, 4.69) is 106 Å². The van der Waals surface area contributed by atoms with Crippen LogP contribution in [0.1, 0.15) is 16.7 Å². The maximum absolute atomic E-state index is 4.99. The fourth-order valence-electron chi connectivity index (χ4n) is 3.52. The zero-order valence-electron chi connectivity index (χ0n) is 16.5. The van der Waals surface area contributed by atoms with Gasteiger partial charge in [0.1, 0.15) is 0 Å². The zero-order valence-corrected chi connectivity index (χ0v) is 18.9. The first kappa shape index (κ1) is 18.8. The van der Waals surface area contributed by atoms with E-state index in [0.717, 1.165) is 0 Å². The fraction of sp³-hybridized carbons (Fsp3) is 0.115. The Balaban J connectivity index is 2.24. The maximum atomic E-state index is 4.99. The van der Waals surface area contributed by atoms with Crippen molar-refractivity contribution in [3.8, 4) is 0 Å². The molecule has 0 bridgehead atoms. The van der Waals surface area contributed by atoms with E-state index in [1.54, 1.807) is 0 Å². The van der Waals surface area contributed by atoms with Gasteiger partial charge in [0.05, 0.1) is 0 Å². The predicted octanol–water partition coefficient (Wildman–Crippen LogP) is 3.76. The molecule has 0 unspecified atom stereocenters. The molecule has 4 aromatic rings. The average Bonchev–Trinajstić information content (AvgIpc) is 2.73. The van der Waals surface area contributed by atoms with Gasteiger partial charge in [-0.15, -0.1) is 0 Å². The Labute approximate surface area is 171 Å². The van der Waals surface area contributed by atoms with Crippen molar-refractivity contribution >= 4 is 16.4 Å². The Kier molecular flexibility index (Phi) is 5.26. The second kappa shape index (κ2) is 7.83. The minimum absolute atomic E-state index is 1.24. The molecular weight excluding hydrogens is 519 g/mol. The molecule has 3 aromatic carbocycles. The molecule has 4 rings (SSSR count). The Morgan fingerprint density at radius 2 is 0.893 bits per heavy atom. The number of hydrogen-bond donors (Lipinski definition) is 0. The van der Waals surface area contributed by atoms with Gasteiger partial charge < -0.3 is 0 Å². The first-order chi connectivity index (χ1) is 13.7. The molecule has 0 saturated heterocycles. The van der Waals surface area contributed by atoms with Crippen LogP contribution in [0.2, 0.25) is 0 Å². The fourth-order valence-corrected chi connectivity index (χ4v) is 16.4. The molecule has 1 nitrogen and oxygen atoms in total. The summed E-state index contributed by atoms with van der Waals surface area (Å²) in [5.41, 5.74) is 4.04. The van der Waals surface area contributed by atoms with Crippen molar-refractivity contribution in [1.82, 2.24) is 4.98 Å². The Hall–Kier alpha value is -2.54. The van der Waals surface area contributed by atoms with Crippen molar-refractivity contribution in [1.29, 1.82) is 0 Å². The van der Waals surface area contributed by atoms with Crippen LogP contribution < -0.4 is 16.4 Å². The molecule has 0 saturated carbocycles. The molecule has 28 heavy (non-hydrogen) atoms. The molecule has 0 radical (unpaired) electrons. The van der Waals surface area contributed by atoms with E-state index >= 15 is 0 Å². The SMILES string of the molecule is Cc1cccc[c]1[Ir]([c]1ccccn1)([c]1ccccc1C)[c]1ccccc1C. The van der Waals surface area contributed by atoms with Gasteiger partial charge in [-0.05, 0) is 0 Å². The monoisotopic (exact) mass is 544 g/mol. The number of aromatic nitrogens is 1. The van der Waals surface area contributed by atoms with Crippen molar-refractivity contribution in [2.24, 2.45) is 0 Å². The molecule has 0 N–H and O–H groups in total. The second-order valence-electron chi connectivity index (χ2n) is 6.81. The summed E-state index contributed by atoms with van der Waals surface area (Å²) in [6, 6.07) is 33.1. The summed E-state index contributed by atoms with van der Waals surface area (Å²) in [7, 11) is 0. The predicted molar refractivity (Wildman–Crippen MR) is 116 cm³/mol. The quantitative estimate of drug-likeness (QED) is 0.382. The first-order valence-corrected chi connectivity index (χ1v) is 14.2. The molecule has 143 valence electrons. The van der Waals surface area contributed by atoms with Crippen molar-refractivity contribution in [3.63, 3.8) is 0 Å². The summed E-state index contributed by atoms with van der Waals surface area (Å²) in [6.07, 6.45) is 1.95. The zero-order chi connectivity index (χ0) is 19.6. The van der Waals surface area contributed by atoms with Crippen LogP contribution in [-0.4, -0.2) is 4.98 Å². The van der Waals surface area contributed by atoms with E-state index in [9.17, 15) is 0 Å². The molecule has 0 amide bonds. The van der Waals surface area contributed by atoms with E-state index in [-0.39, 0.29) is 0 Å². The van der Waals surface area contributed by atoms with Crippen LogP contribution in [0, 0.1) is 20.8 Å². The van der Waals surface area contributed by atoms with Gasteiger partial charge >= 0.3 is 171 Å². The van der Waals surface area contributed by atoms with Gasteiger partial charge in [-0.3, -0.25) is 0 Å². The summed E-state index contributed by atoms with van der Waals surface area (Å²) in [5, 5.41) is 0. The molecule has 0 spiro atoms. The van der Waals surface area contributed by atoms with Crippen LogP contribution in [0.25, 0.3) is 0 Å². The van der Waals surface area contributed by atoms with Crippen molar-refractivity contribution in [2.75, 3.05) is 0 Å². The van der Waals surface area contributed by atoms with Gasteiger partial charge in [0.25, 0.3) is 0 Å². The molecule has 0 aliphatic heterocycles. The van der Waals surface area contributed by atoms with Crippen molar-refractivity contribution in [2.45, 2.75) is 20.8 Å². The average molecular weight is 544 g/mol. The molecule has 0 aliphatic rings. The summed E-state index contributed by atoms with van der Waals surface area (Å²) in [6.45, 7) is 6.73. The molecular formula is C26H25IrN. The van der Waals surface area contributed by atoms with Gasteiger partial charge in [0, 0.05) is 0 Å². The van der Waals surface area contributed by atoms with E-state index < -0.39 is 15.3 Å². The minimum atomic E-state index is -3.27. The van der Waals surface area contributed by atoms with Crippen molar-refractivity contribution < 1.29 is 15.3 Å². The topological polar surface area (TPSA) is 12.9 Å². The summed E-state index contributed by atoms with van der Waals surface area (Å²) < 4.78 is 5.62. The molecule has 1 heterocycles. The van der Waals surface area contributed by atoms with Crippen LogP contribution in [0.5, 0.6) is 0 Å². The Bertz CT molecular complexity index is 991. The van der Waals surface area contributed by atoms with Gasteiger partial charge in [-0.25, -0.2) is 0 Å². The van der Waals surface area contributed by atoms with Crippen molar-refractivity contribution in [3.05, 3.63) is 114 Å². The third-order valence-corrected chi connectivity index (χ3v) is 17.2. The number of benzene rings is 3. The number of rotatable bonds is 4. The van der Waals surface area contributed by atoms with Crippen LogP contribution in [0.4, 0.5) is 0 Å². The molecule has 0 aliphatic carbocycles. The number of nitrogens with zero attached hydrogens (tertiary/aromatic N) is 1. The van der Waals surface area contributed by atoms with Crippen LogP contribution >= 0.6 is 0 Å². The molecule has 1 aromatic heterocycles. The normalized spacial score (nSPS) is 12.0. The molecule has 0 atom stereocenters.